The van der Waals surface area contributed by atoms with Crippen molar-refractivity contribution in [2.45, 2.75) is 51.1 Å². The summed E-state index contributed by atoms with van der Waals surface area (Å²) >= 11 is 0. The highest BCUT2D eigenvalue weighted by atomic mass is 28.4. The van der Waals surface area contributed by atoms with Crippen LogP contribution in [0.15, 0.2) is 12.2 Å². The van der Waals surface area contributed by atoms with Crippen LogP contribution in [0.2, 0.25) is 18.1 Å². The molecule has 0 radical (unpaired) electrons. The third-order valence-corrected chi connectivity index (χ3v) is 8.04. The molecule has 0 fully saturated rings. The van der Waals surface area contributed by atoms with E-state index < -0.39 is 14.4 Å². The molecule has 16 heavy (non-hydrogen) atoms. The van der Waals surface area contributed by atoms with Crippen molar-refractivity contribution in [3.8, 4) is 0 Å². The van der Waals surface area contributed by atoms with Crippen LogP contribution < -0.4 is 0 Å². The van der Waals surface area contributed by atoms with E-state index in [9.17, 15) is 5.11 Å². The van der Waals surface area contributed by atoms with Crippen molar-refractivity contribution < 1.29 is 14.3 Å². The highest BCUT2D eigenvalue weighted by Crippen LogP contribution is 2.36. The summed E-state index contributed by atoms with van der Waals surface area (Å²) in [5.41, 5.74) is 0. The molecule has 0 amide bonds. The topological polar surface area (TPSA) is 38.7 Å². The Morgan fingerprint density at radius 3 is 2.56 bits per heavy atom. The van der Waals surface area contributed by atoms with Crippen molar-refractivity contribution in [1.29, 1.82) is 0 Å². The molecule has 0 aliphatic carbocycles. The van der Waals surface area contributed by atoms with E-state index in [0.717, 1.165) is 0 Å². The summed E-state index contributed by atoms with van der Waals surface area (Å²) in [7, 11) is -1.73. The van der Waals surface area contributed by atoms with Gasteiger partial charge in [0, 0.05) is 0 Å². The maximum atomic E-state index is 9.69. The van der Waals surface area contributed by atoms with E-state index in [1.807, 2.05) is 6.08 Å². The molecular formula is C12H24O3Si. The summed E-state index contributed by atoms with van der Waals surface area (Å²) in [5.74, 6) is 0. The molecule has 0 aromatic rings. The minimum Gasteiger partial charge on any atom is -0.414 e. The lowest BCUT2D eigenvalue weighted by Crippen LogP contribution is -2.45. The molecule has 0 aromatic heterocycles. The van der Waals surface area contributed by atoms with Gasteiger partial charge < -0.3 is 14.3 Å². The molecule has 1 heterocycles. The summed E-state index contributed by atoms with van der Waals surface area (Å²) in [5, 5.41) is 9.89. The fourth-order valence-electron chi connectivity index (χ4n) is 1.25. The molecule has 1 rings (SSSR count). The van der Waals surface area contributed by atoms with Crippen molar-refractivity contribution in [3.05, 3.63) is 12.2 Å². The smallest absolute Gasteiger partial charge is 0.192 e. The van der Waals surface area contributed by atoms with E-state index in [0.29, 0.717) is 13.2 Å². The molecular weight excluding hydrogens is 220 g/mol. The lowest BCUT2D eigenvalue weighted by molar-refractivity contribution is -0.0412. The zero-order valence-corrected chi connectivity index (χ0v) is 12.0. The van der Waals surface area contributed by atoms with Crippen LogP contribution in [0.5, 0.6) is 0 Å². The monoisotopic (exact) mass is 244 g/mol. The predicted molar refractivity (Wildman–Crippen MR) is 68.0 cm³/mol. The number of ether oxygens (including phenoxy) is 1. The number of hydrogen-bond acceptors (Lipinski definition) is 3. The first-order chi connectivity index (χ1) is 7.24. The fourth-order valence-corrected chi connectivity index (χ4v) is 2.26. The first-order valence-electron chi connectivity index (χ1n) is 5.84. The number of hydrogen-bond donors (Lipinski definition) is 1. The quantitative estimate of drug-likeness (QED) is 0.612. The molecule has 4 heteroatoms. The van der Waals surface area contributed by atoms with Gasteiger partial charge in [0.25, 0.3) is 0 Å². The first-order valence-corrected chi connectivity index (χ1v) is 8.75. The third-order valence-electron chi connectivity index (χ3n) is 3.54. The Balaban J connectivity index is 2.48. The molecule has 1 N–H and O–H groups in total. The summed E-state index contributed by atoms with van der Waals surface area (Å²) in [6, 6.07) is 0. The number of aliphatic hydroxyl groups excluding tert-OH is 1. The van der Waals surface area contributed by atoms with Crippen molar-refractivity contribution in [2.75, 3.05) is 13.2 Å². The van der Waals surface area contributed by atoms with Gasteiger partial charge in [-0.3, -0.25) is 0 Å². The third kappa shape index (κ3) is 3.42. The first kappa shape index (κ1) is 13.9. The molecule has 0 saturated carbocycles. The van der Waals surface area contributed by atoms with Crippen molar-refractivity contribution >= 4 is 8.32 Å². The SMILES string of the molecule is CC(C)(C)[Si](C)(C)OC[C@@H]1OCC=C[C@H]1O. The van der Waals surface area contributed by atoms with E-state index in [2.05, 4.69) is 33.9 Å². The van der Waals surface area contributed by atoms with E-state index in [4.69, 9.17) is 9.16 Å². The lowest BCUT2D eigenvalue weighted by atomic mass is 10.2. The summed E-state index contributed by atoms with van der Waals surface area (Å²) in [4.78, 5) is 0. The Labute approximate surface area is 99.6 Å². The minimum absolute atomic E-state index is 0.197. The second-order valence-electron chi connectivity index (χ2n) is 5.86. The standard InChI is InChI=1S/C12H24O3Si/c1-12(2,3)16(4,5)15-9-11-10(13)7-6-8-14-11/h6-7,10-11,13H,8-9H2,1-5H3/t10-,11+/m1/s1. The lowest BCUT2D eigenvalue weighted by Gasteiger charge is -2.38. The van der Waals surface area contributed by atoms with E-state index in [-0.39, 0.29) is 11.1 Å². The Hall–Kier alpha value is -0.163. The van der Waals surface area contributed by atoms with Gasteiger partial charge in [-0.2, -0.15) is 0 Å². The van der Waals surface area contributed by atoms with Crippen LogP contribution in [0.4, 0.5) is 0 Å². The highest BCUT2D eigenvalue weighted by molar-refractivity contribution is 6.74. The normalized spacial score (nSPS) is 27.1. The van der Waals surface area contributed by atoms with E-state index in [1.165, 1.54) is 0 Å². The van der Waals surface area contributed by atoms with Gasteiger partial charge in [0.1, 0.15) is 12.2 Å². The van der Waals surface area contributed by atoms with Crippen molar-refractivity contribution in [3.63, 3.8) is 0 Å². The van der Waals surface area contributed by atoms with Gasteiger partial charge in [-0.25, -0.2) is 0 Å². The molecule has 1 aliphatic heterocycles. The van der Waals surface area contributed by atoms with E-state index >= 15 is 0 Å². The van der Waals surface area contributed by atoms with Gasteiger partial charge in [0.05, 0.1) is 13.2 Å². The maximum absolute atomic E-state index is 9.69. The second-order valence-corrected chi connectivity index (χ2v) is 10.7. The molecule has 1 aliphatic rings. The van der Waals surface area contributed by atoms with Crippen LogP contribution in [0.25, 0.3) is 0 Å². The Morgan fingerprint density at radius 1 is 1.44 bits per heavy atom. The predicted octanol–water partition coefficient (Wildman–Crippen LogP) is 2.32. The van der Waals surface area contributed by atoms with Crippen LogP contribution in [-0.4, -0.2) is 38.8 Å². The second kappa shape index (κ2) is 5.00. The van der Waals surface area contributed by atoms with Gasteiger partial charge in [0.2, 0.25) is 0 Å². The highest BCUT2D eigenvalue weighted by Gasteiger charge is 2.38. The fraction of sp³-hybridized carbons (Fsp3) is 0.833. The molecule has 0 aromatic carbocycles. The Kier molecular flexibility index (Phi) is 4.34. The molecule has 3 nitrogen and oxygen atoms in total. The summed E-state index contributed by atoms with van der Waals surface area (Å²) < 4.78 is 11.5. The van der Waals surface area contributed by atoms with Crippen LogP contribution in [0.1, 0.15) is 20.8 Å². The number of aliphatic hydroxyl groups is 1. The maximum Gasteiger partial charge on any atom is 0.192 e. The van der Waals surface area contributed by atoms with Gasteiger partial charge in [-0.05, 0) is 18.1 Å². The zero-order valence-electron chi connectivity index (χ0n) is 11.0. The van der Waals surface area contributed by atoms with Gasteiger partial charge in [-0.15, -0.1) is 0 Å². The summed E-state index contributed by atoms with van der Waals surface area (Å²) in [6.45, 7) is 12.1. The molecule has 0 bridgehead atoms. The number of rotatable bonds is 3. The van der Waals surface area contributed by atoms with Gasteiger partial charge >= 0.3 is 0 Å². The van der Waals surface area contributed by atoms with Gasteiger partial charge in [-0.1, -0.05) is 32.9 Å². The van der Waals surface area contributed by atoms with Crippen LogP contribution >= 0.6 is 0 Å². The van der Waals surface area contributed by atoms with Crippen LogP contribution in [-0.2, 0) is 9.16 Å². The molecule has 94 valence electrons. The van der Waals surface area contributed by atoms with Crippen molar-refractivity contribution in [1.82, 2.24) is 0 Å². The molecule has 0 spiro atoms. The minimum atomic E-state index is -1.73. The molecule has 2 atom stereocenters. The molecule has 0 unspecified atom stereocenters. The van der Waals surface area contributed by atoms with Gasteiger partial charge in [0.15, 0.2) is 8.32 Å². The van der Waals surface area contributed by atoms with Crippen molar-refractivity contribution in [2.24, 2.45) is 0 Å². The zero-order chi connectivity index (χ0) is 12.4. The average molecular weight is 244 g/mol. The van der Waals surface area contributed by atoms with Crippen LogP contribution in [0, 0.1) is 0 Å². The molecule has 0 saturated heterocycles. The Morgan fingerprint density at radius 2 is 2.06 bits per heavy atom. The summed E-state index contributed by atoms with van der Waals surface area (Å²) in [6.07, 6.45) is 2.88. The largest absolute Gasteiger partial charge is 0.414 e. The Bertz CT molecular complexity index is 255. The van der Waals surface area contributed by atoms with Crippen LogP contribution in [0.3, 0.4) is 0 Å². The van der Waals surface area contributed by atoms with E-state index in [1.54, 1.807) is 6.08 Å². The average Bonchev–Trinajstić information content (AvgIpc) is 2.15.